The average Bonchev–Trinajstić information content (AvgIpc) is 3.06. The van der Waals surface area contributed by atoms with E-state index in [-0.39, 0.29) is 5.41 Å². The van der Waals surface area contributed by atoms with Crippen LogP contribution in [0.2, 0.25) is 0 Å². The van der Waals surface area contributed by atoms with Crippen LogP contribution in [0.25, 0.3) is 0 Å². The van der Waals surface area contributed by atoms with E-state index in [0.717, 1.165) is 28.8 Å². The lowest BCUT2D eigenvalue weighted by atomic mass is 9.96. The van der Waals surface area contributed by atoms with Gasteiger partial charge in [-0.3, -0.25) is 4.99 Å². The Morgan fingerprint density at radius 1 is 1.46 bits per heavy atom. The van der Waals surface area contributed by atoms with Gasteiger partial charge in [-0.25, -0.2) is 4.98 Å². The van der Waals surface area contributed by atoms with Crippen molar-refractivity contribution < 1.29 is 4.74 Å². The van der Waals surface area contributed by atoms with Gasteiger partial charge in [-0.15, -0.1) is 11.3 Å². The number of nitrogens with one attached hydrogen (secondary N) is 2. The summed E-state index contributed by atoms with van der Waals surface area (Å²) in [5.74, 6) is 1.76. The van der Waals surface area contributed by atoms with Gasteiger partial charge in [-0.2, -0.15) is 0 Å². The molecule has 0 bridgehead atoms. The predicted molar refractivity (Wildman–Crippen MR) is 98.9 cm³/mol. The van der Waals surface area contributed by atoms with Crippen molar-refractivity contribution in [1.82, 2.24) is 15.6 Å². The van der Waals surface area contributed by atoms with Gasteiger partial charge in [0.2, 0.25) is 0 Å². The molecule has 3 rings (SSSR count). The van der Waals surface area contributed by atoms with Crippen molar-refractivity contribution in [2.24, 2.45) is 4.99 Å². The van der Waals surface area contributed by atoms with Crippen molar-refractivity contribution >= 4 is 17.3 Å². The minimum Gasteiger partial charge on any atom is -0.496 e. The molecule has 2 atom stereocenters. The first kappa shape index (κ1) is 16.8. The van der Waals surface area contributed by atoms with Crippen LogP contribution in [0.3, 0.4) is 0 Å². The molecule has 1 aliphatic rings. The highest BCUT2D eigenvalue weighted by Crippen LogP contribution is 2.50. The molecule has 1 fully saturated rings. The third-order valence-electron chi connectivity index (χ3n) is 4.57. The molecule has 2 unspecified atom stereocenters. The van der Waals surface area contributed by atoms with Crippen molar-refractivity contribution in [3.63, 3.8) is 0 Å². The van der Waals surface area contributed by atoms with E-state index in [1.54, 1.807) is 25.5 Å². The SMILES string of the molecule is CN=C(NCc1nc(C)cs1)NC1CC1(C)c1ccccc1OC. The van der Waals surface area contributed by atoms with Crippen molar-refractivity contribution in [2.45, 2.75) is 38.3 Å². The summed E-state index contributed by atoms with van der Waals surface area (Å²) in [6.45, 7) is 4.96. The van der Waals surface area contributed by atoms with Crippen molar-refractivity contribution in [1.29, 1.82) is 0 Å². The van der Waals surface area contributed by atoms with Crippen molar-refractivity contribution in [3.8, 4) is 5.75 Å². The van der Waals surface area contributed by atoms with Gasteiger partial charge in [-0.1, -0.05) is 25.1 Å². The summed E-state index contributed by atoms with van der Waals surface area (Å²) in [4.78, 5) is 8.80. The number of hydrogen-bond donors (Lipinski definition) is 2. The smallest absolute Gasteiger partial charge is 0.191 e. The molecule has 0 radical (unpaired) electrons. The number of thiazole rings is 1. The van der Waals surface area contributed by atoms with E-state index in [9.17, 15) is 0 Å². The molecular weight excluding hydrogens is 320 g/mol. The van der Waals surface area contributed by atoms with Gasteiger partial charge in [0.1, 0.15) is 10.8 Å². The second-order valence-electron chi connectivity index (χ2n) is 6.33. The highest BCUT2D eigenvalue weighted by molar-refractivity contribution is 7.09. The van der Waals surface area contributed by atoms with Crippen LogP contribution in [0.15, 0.2) is 34.6 Å². The minimum atomic E-state index is 0.0714. The van der Waals surface area contributed by atoms with Gasteiger partial charge in [0.15, 0.2) is 5.96 Å². The lowest BCUT2D eigenvalue weighted by Crippen LogP contribution is -2.40. The van der Waals surface area contributed by atoms with E-state index >= 15 is 0 Å². The fourth-order valence-corrected chi connectivity index (χ4v) is 3.70. The van der Waals surface area contributed by atoms with Crippen LogP contribution >= 0.6 is 11.3 Å². The third-order valence-corrected chi connectivity index (χ3v) is 5.53. The second kappa shape index (κ2) is 6.81. The third kappa shape index (κ3) is 3.38. The number of aromatic nitrogens is 1. The molecule has 128 valence electrons. The Labute approximate surface area is 147 Å². The summed E-state index contributed by atoms with van der Waals surface area (Å²) < 4.78 is 5.52. The van der Waals surface area contributed by atoms with Crippen LogP contribution in [0.1, 0.15) is 29.6 Å². The molecule has 0 spiro atoms. The molecule has 0 aliphatic heterocycles. The average molecular weight is 344 g/mol. The van der Waals surface area contributed by atoms with Crippen LogP contribution in [-0.4, -0.2) is 31.1 Å². The molecule has 0 amide bonds. The normalized spacial score (nSPS) is 23.0. The van der Waals surface area contributed by atoms with E-state index in [4.69, 9.17) is 4.74 Å². The standard InChI is InChI=1S/C18H24N4OS/c1-12-11-24-16(21-12)10-20-17(19-3)22-15-9-18(15,2)13-7-5-6-8-14(13)23-4/h5-8,11,15H,9-10H2,1-4H3,(H2,19,20,22). The molecule has 1 heterocycles. The molecule has 6 heteroatoms. The summed E-state index contributed by atoms with van der Waals surface area (Å²) in [5.41, 5.74) is 2.38. The first-order valence-corrected chi connectivity index (χ1v) is 8.96. The van der Waals surface area contributed by atoms with Gasteiger partial charge in [-0.05, 0) is 19.4 Å². The lowest BCUT2D eigenvalue weighted by molar-refractivity contribution is 0.404. The maximum Gasteiger partial charge on any atom is 0.191 e. The number of hydrogen-bond acceptors (Lipinski definition) is 4. The first-order chi connectivity index (χ1) is 11.6. The molecule has 2 aromatic rings. The Hall–Kier alpha value is -2.08. The van der Waals surface area contributed by atoms with Crippen LogP contribution in [0, 0.1) is 6.92 Å². The summed E-state index contributed by atoms with van der Waals surface area (Å²) in [7, 11) is 3.52. The molecule has 1 aromatic heterocycles. The van der Waals surface area contributed by atoms with Crippen LogP contribution in [0.5, 0.6) is 5.75 Å². The van der Waals surface area contributed by atoms with Crippen LogP contribution < -0.4 is 15.4 Å². The van der Waals surface area contributed by atoms with Crippen LogP contribution in [0.4, 0.5) is 0 Å². The second-order valence-corrected chi connectivity index (χ2v) is 7.27. The first-order valence-electron chi connectivity index (χ1n) is 8.08. The summed E-state index contributed by atoms with van der Waals surface area (Å²) in [5, 5.41) is 9.99. The number of benzene rings is 1. The van der Waals surface area contributed by atoms with E-state index in [1.807, 2.05) is 19.1 Å². The highest BCUT2D eigenvalue weighted by Gasteiger charge is 2.53. The molecule has 2 N–H and O–H groups in total. The fraction of sp³-hybridized carbons (Fsp3) is 0.444. The van der Waals surface area contributed by atoms with Gasteiger partial charge in [0, 0.05) is 35.1 Å². The molecule has 1 saturated carbocycles. The number of aryl methyl sites for hydroxylation is 1. The van der Waals surface area contributed by atoms with Gasteiger partial charge in [0.05, 0.1) is 13.7 Å². The number of ether oxygens (including phenoxy) is 1. The quantitative estimate of drug-likeness (QED) is 0.647. The summed E-state index contributed by atoms with van der Waals surface area (Å²) >= 11 is 1.67. The Kier molecular flexibility index (Phi) is 4.76. The highest BCUT2D eigenvalue weighted by atomic mass is 32.1. The topological polar surface area (TPSA) is 58.5 Å². The molecule has 1 aromatic carbocycles. The minimum absolute atomic E-state index is 0.0714. The molecule has 1 aliphatic carbocycles. The maximum absolute atomic E-state index is 5.52. The molecule has 5 nitrogen and oxygen atoms in total. The maximum atomic E-state index is 5.52. The van der Waals surface area contributed by atoms with Crippen LogP contribution in [-0.2, 0) is 12.0 Å². The van der Waals surface area contributed by atoms with Gasteiger partial charge >= 0.3 is 0 Å². The number of para-hydroxylation sites is 1. The predicted octanol–water partition coefficient (Wildman–Crippen LogP) is 2.86. The van der Waals surface area contributed by atoms with E-state index in [1.165, 1.54) is 5.56 Å². The van der Waals surface area contributed by atoms with Gasteiger partial charge < -0.3 is 15.4 Å². The zero-order valence-electron chi connectivity index (χ0n) is 14.6. The molecular formula is C18H24N4OS. The molecule has 0 saturated heterocycles. The Bertz CT molecular complexity index is 742. The van der Waals surface area contributed by atoms with E-state index in [0.29, 0.717) is 12.6 Å². The lowest BCUT2D eigenvalue weighted by Gasteiger charge is -2.17. The van der Waals surface area contributed by atoms with E-state index < -0.39 is 0 Å². The number of rotatable bonds is 5. The summed E-state index contributed by atoms with van der Waals surface area (Å²) in [6, 6.07) is 8.59. The molecule has 24 heavy (non-hydrogen) atoms. The van der Waals surface area contributed by atoms with Crippen molar-refractivity contribution in [2.75, 3.05) is 14.2 Å². The Balaban J connectivity index is 1.61. The van der Waals surface area contributed by atoms with Crippen molar-refractivity contribution in [3.05, 3.63) is 45.9 Å². The zero-order valence-corrected chi connectivity index (χ0v) is 15.4. The zero-order chi connectivity index (χ0) is 17.2. The monoisotopic (exact) mass is 344 g/mol. The Morgan fingerprint density at radius 2 is 2.25 bits per heavy atom. The van der Waals surface area contributed by atoms with E-state index in [2.05, 4.69) is 45.0 Å². The number of methoxy groups -OCH3 is 1. The summed E-state index contributed by atoms with van der Waals surface area (Å²) in [6.07, 6.45) is 1.06. The Morgan fingerprint density at radius 3 is 2.92 bits per heavy atom. The number of aliphatic imine (C=N–C) groups is 1. The number of nitrogens with zero attached hydrogens (tertiary/aromatic N) is 2. The number of guanidine groups is 1. The van der Waals surface area contributed by atoms with Gasteiger partial charge in [0.25, 0.3) is 0 Å². The fourth-order valence-electron chi connectivity index (χ4n) is 2.99. The largest absolute Gasteiger partial charge is 0.496 e.